The van der Waals surface area contributed by atoms with Crippen LogP contribution in [0.15, 0.2) is 12.1 Å². The second-order valence-corrected chi connectivity index (χ2v) is 5.99. The van der Waals surface area contributed by atoms with E-state index in [0.717, 1.165) is 13.0 Å². The fraction of sp³-hybridized carbons (Fsp3) is 0.600. The number of halogens is 1. The quantitative estimate of drug-likeness (QED) is 0.812. The van der Waals surface area contributed by atoms with Crippen LogP contribution in [0.1, 0.15) is 44.6 Å². The monoisotopic (exact) mass is 313 g/mol. The number of aliphatic hydroxyl groups is 1. The van der Waals surface area contributed by atoms with Gasteiger partial charge in [-0.25, -0.2) is 4.98 Å². The summed E-state index contributed by atoms with van der Waals surface area (Å²) in [6, 6.07) is 3.42. The molecule has 1 amide bonds. The number of pyridine rings is 1. The van der Waals surface area contributed by atoms with Crippen molar-refractivity contribution in [1.29, 1.82) is 0 Å². The van der Waals surface area contributed by atoms with E-state index in [9.17, 15) is 9.90 Å². The highest BCUT2D eigenvalue weighted by Crippen LogP contribution is 2.19. The minimum atomic E-state index is -0.962. The Morgan fingerprint density at radius 1 is 1.43 bits per heavy atom. The van der Waals surface area contributed by atoms with Gasteiger partial charge >= 0.3 is 0 Å². The van der Waals surface area contributed by atoms with Crippen LogP contribution in [0, 0.1) is 0 Å². The van der Waals surface area contributed by atoms with E-state index in [-0.39, 0.29) is 18.1 Å². The largest absolute Gasteiger partial charge is 0.389 e. The summed E-state index contributed by atoms with van der Waals surface area (Å²) >= 11 is 6.10. The molecule has 0 saturated heterocycles. The molecule has 0 aliphatic rings. The summed E-state index contributed by atoms with van der Waals surface area (Å²) in [5, 5.41) is 13.3. The number of carbonyl (C=O) groups excluding carboxylic acids is 1. The normalized spacial score (nSPS) is 11.3. The van der Waals surface area contributed by atoms with Crippen molar-refractivity contribution in [3.05, 3.63) is 22.8 Å². The number of rotatable bonds is 7. The van der Waals surface area contributed by atoms with Crippen molar-refractivity contribution in [2.75, 3.05) is 25.0 Å². The van der Waals surface area contributed by atoms with Gasteiger partial charge in [-0.15, -0.1) is 0 Å². The standard InChI is InChI=1S/C15H24ClN3O2/c1-5-9-17-12-8-7-11(16)13(18-12)14(20)19(6-2)10-15(3,4)21/h7-8,21H,5-6,9-10H2,1-4H3,(H,17,18). The average molecular weight is 314 g/mol. The summed E-state index contributed by atoms with van der Waals surface area (Å²) in [5.41, 5.74) is -0.750. The van der Waals surface area contributed by atoms with Crippen LogP contribution in [-0.2, 0) is 0 Å². The van der Waals surface area contributed by atoms with Gasteiger partial charge in [-0.3, -0.25) is 4.79 Å². The Morgan fingerprint density at radius 3 is 2.62 bits per heavy atom. The molecule has 0 spiro atoms. The summed E-state index contributed by atoms with van der Waals surface area (Å²) in [5.74, 6) is 0.355. The molecule has 6 heteroatoms. The molecule has 0 atom stereocenters. The lowest BCUT2D eigenvalue weighted by Crippen LogP contribution is -2.42. The molecule has 1 aromatic rings. The number of nitrogens with zero attached hydrogens (tertiary/aromatic N) is 2. The van der Waals surface area contributed by atoms with Gasteiger partial charge in [0.25, 0.3) is 5.91 Å². The third kappa shape index (κ3) is 5.52. The van der Waals surface area contributed by atoms with E-state index < -0.39 is 5.60 Å². The van der Waals surface area contributed by atoms with Crippen molar-refractivity contribution in [2.24, 2.45) is 0 Å². The molecule has 0 saturated carbocycles. The van der Waals surface area contributed by atoms with Gasteiger partial charge in [-0.1, -0.05) is 18.5 Å². The van der Waals surface area contributed by atoms with Gasteiger partial charge in [-0.05, 0) is 39.3 Å². The van der Waals surface area contributed by atoms with Gasteiger partial charge in [-0.2, -0.15) is 0 Å². The molecular formula is C15H24ClN3O2. The van der Waals surface area contributed by atoms with E-state index >= 15 is 0 Å². The Kier molecular flexibility index (Phi) is 6.42. The highest BCUT2D eigenvalue weighted by Gasteiger charge is 2.24. The molecule has 0 aromatic carbocycles. The number of amides is 1. The van der Waals surface area contributed by atoms with E-state index in [1.807, 2.05) is 6.92 Å². The molecule has 0 unspecified atom stereocenters. The van der Waals surface area contributed by atoms with E-state index in [2.05, 4.69) is 17.2 Å². The first-order valence-electron chi connectivity index (χ1n) is 7.20. The number of anilines is 1. The number of nitrogens with one attached hydrogen (secondary N) is 1. The predicted molar refractivity (Wildman–Crippen MR) is 85.9 cm³/mol. The van der Waals surface area contributed by atoms with Gasteiger partial charge in [0, 0.05) is 19.6 Å². The molecule has 1 aromatic heterocycles. The number of aromatic nitrogens is 1. The smallest absolute Gasteiger partial charge is 0.274 e. The number of hydrogen-bond donors (Lipinski definition) is 2. The summed E-state index contributed by atoms with van der Waals surface area (Å²) in [6.45, 7) is 8.73. The first-order valence-corrected chi connectivity index (χ1v) is 7.58. The molecule has 118 valence electrons. The highest BCUT2D eigenvalue weighted by atomic mass is 35.5. The first-order chi connectivity index (χ1) is 9.78. The number of likely N-dealkylation sites (N-methyl/N-ethyl adjacent to an activating group) is 1. The van der Waals surface area contributed by atoms with E-state index in [0.29, 0.717) is 17.4 Å². The Hall–Kier alpha value is -1.33. The Morgan fingerprint density at radius 2 is 2.10 bits per heavy atom. The van der Waals surface area contributed by atoms with Crippen molar-refractivity contribution in [3.8, 4) is 0 Å². The van der Waals surface area contributed by atoms with Gasteiger partial charge in [0.2, 0.25) is 0 Å². The maximum absolute atomic E-state index is 12.5. The molecule has 0 bridgehead atoms. The lowest BCUT2D eigenvalue weighted by molar-refractivity contribution is 0.0312. The van der Waals surface area contributed by atoms with E-state index in [1.54, 1.807) is 26.0 Å². The molecule has 21 heavy (non-hydrogen) atoms. The predicted octanol–water partition coefficient (Wildman–Crippen LogP) is 2.79. The fourth-order valence-electron chi connectivity index (χ4n) is 1.89. The van der Waals surface area contributed by atoms with Crippen LogP contribution in [0.4, 0.5) is 5.82 Å². The maximum atomic E-state index is 12.5. The lowest BCUT2D eigenvalue weighted by atomic mass is 10.1. The van der Waals surface area contributed by atoms with Crippen molar-refractivity contribution in [3.63, 3.8) is 0 Å². The minimum Gasteiger partial charge on any atom is -0.389 e. The van der Waals surface area contributed by atoms with Crippen LogP contribution in [0.3, 0.4) is 0 Å². The Bertz CT molecular complexity index is 486. The van der Waals surface area contributed by atoms with Crippen LogP contribution in [0.2, 0.25) is 5.02 Å². The van der Waals surface area contributed by atoms with Gasteiger partial charge in [0.15, 0.2) is 0 Å². The summed E-state index contributed by atoms with van der Waals surface area (Å²) in [7, 11) is 0. The third-order valence-corrected chi connectivity index (χ3v) is 3.16. The Balaban J connectivity index is 2.98. The molecule has 0 aliphatic carbocycles. The third-order valence-electron chi connectivity index (χ3n) is 2.85. The topological polar surface area (TPSA) is 65.5 Å². The van der Waals surface area contributed by atoms with Crippen molar-refractivity contribution >= 4 is 23.3 Å². The first kappa shape index (κ1) is 17.7. The van der Waals surface area contributed by atoms with Crippen molar-refractivity contribution in [1.82, 2.24) is 9.88 Å². The SMILES string of the molecule is CCCNc1ccc(Cl)c(C(=O)N(CC)CC(C)(C)O)n1. The highest BCUT2D eigenvalue weighted by molar-refractivity contribution is 6.33. The molecule has 0 radical (unpaired) electrons. The van der Waals surface area contributed by atoms with Crippen LogP contribution in [0.25, 0.3) is 0 Å². The average Bonchev–Trinajstić information content (AvgIpc) is 2.42. The molecule has 1 rings (SSSR count). The summed E-state index contributed by atoms with van der Waals surface area (Å²) in [6.07, 6.45) is 0.966. The van der Waals surface area contributed by atoms with Crippen molar-refractivity contribution in [2.45, 2.75) is 39.7 Å². The van der Waals surface area contributed by atoms with Crippen LogP contribution in [-0.4, -0.2) is 46.1 Å². The Labute approximate surface area is 131 Å². The van der Waals surface area contributed by atoms with Gasteiger partial charge in [0.1, 0.15) is 11.5 Å². The van der Waals surface area contributed by atoms with Crippen LogP contribution < -0.4 is 5.32 Å². The van der Waals surface area contributed by atoms with Gasteiger partial charge in [0.05, 0.1) is 10.6 Å². The fourth-order valence-corrected chi connectivity index (χ4v) is 2.07. The summed E-state index contributed by atoms with van der Waals surface area (Å²) < 4.78 is 0. The number of carbonyl (C=O) groups is 1. The van der Waals surface area contributed by atoms with Crippen LogP contribution >= 0.6 is 11.6 Å². The van der Waals surface area contributed by atoms with Gasteiger partial charge < -0.3 is 15.3 Å². The second-order valence-electron chi connectivity index (χ2n) is 5.59. The summed E-state index contributed by atoms with van der Waals surface area (Å²) in [4.78, 5) is 18.4. The molecule has 0 aliphatic heterocycles. The minimum absolute atomic E-state index is 0.212. The molecule has 1 heterocycles. The zero-order valence-corrected chi connectivity index (χ0v) is 13.9. The zero-order valence-electron chi connectivity index (χ0n) is 13.1. The zero-order chi connectivity index (χ0) is 16.0. The van der Waals surface area contributed by atoms with E-state index in [4.69, 9.17) is 11.6 Å². The molecule has 5 nitrogen and oxygen atoms in total. The van der Waals surface area contributed by atoms with E-state index in [1.165, 1.54) is 4.90 Å². The lowest BCUT2D eigenvalue weighted by Gasteiger charge is -2.28. The second kappa shape index (κ2) is 7.61. The van der Waals surface area contributed by atoms with Crippen LogP contribution in [0.5, 0.6) is 0 Å². The molecule has 2 N–H and O–H groups in total. The molecular weight excluding hydrogens is 290 g/mol. The number of hydrogen-bond acceptors (Lipinski definition) is 4. The molecule has 0 fully saturated rings. The maximum Gasteiger partial charge on any atom is 0.274 e. The van der Waals surface area contributed by atoms with Crippen molar-refractivity contribution < 1.29 is 9.90 Å².